The lowest BCUT2D eigenvalue weighted by molar-refractivity contribution is 0.0549. The Morgan fingerprint density at radius 1 is 1.05 bits per heavy atom. The van der Waals surface area contributed by atoms with Gasteiger partial charge in [0, 0.05) is 11.1 Å². The van der Waals surface area contributed by atoms with Gasteiger partial charge in [-0.05, 0) is 30.2 Å². The van der Waals surface area contributed by atoms with Crippen LogP contribution in [-0.4, -0.2) is 18.4 Å². The fourth-order valence-corrected chi connectivity index (χ4v) is 2.46. The summed E-state index contributed by atoms with van der Waals surface area (Å²) in [4.78, 5) is 24.3. The van der Waals surface area contributed by atoms with E-state index >= 15 is 0 Å². The number of carbonyl (C=O) groups is 2. The normalized spacial score (nSPS) is 12.3. The molecule has 0 saturated heterocycles. The highest BCUT2D eigenvalue weighted by Crippen LogP contribution is 2.36. The first-order valence-corrected chi connectivity index (χ1v) is 6.79. The first kappa shape index (κ1) is 13.3. The van der Waals surface area contributed by atoms with E-state index in [2.05, 4.69) is 0 Å². The maximum Gasteiger partial charge on any atom is 0.338 e. The van der Waals surface area contributed by atoms with E-state index < -0.39 is 5.97 Å². The molecular weight excluding hydrogens is 264 g/mol. The van der Waals surface area contributed by atoms with Crippen LogP contribution in [0.1, 0.15) is 33.2 Å². The summed E-state index contributed by atoms with van der Waals surface area (Å²) in [6.45, 7) is 2.10. The van der Waals surface area contributed by atoms with Crippen molar-refractivity contribution in [2.24, 2.45) is 0 Å². The number of rotatable bonds is 3. The maximum atomic E-state index is 12.4. The summed E-state index contributed by atoms with van der Waals surface area (Å²) in [5.41, 5.74) is 3.45. The number of ether oxygens (including phenoxy) is 1. The Morgan fingerprint density at radius 3 is 2.52 bits per heavy atom. The van der Waals surface area contributed by atoms with E-state index in [1.807, 2.05) is 43.3 Å². The standard InChI is InChI=1S/C18H14O3/c1-2-3-10-21-18(20)12-8-9-14-13-6-4-5-7-15(13)17(19)16(14)11-12/h2-9,11H,10H2,1H3/b3-2+. The van der Waals surface area contributed by atoms with Crippen LogP contribution in [0.3, 0.4) is 0 Å². The number of hydrogen-bond acceptors (Lipinski definition) is 3. The third-order valence-corrected chi connectivity index (χ3v) is 3.51. The molecule has 0 aliphatic heterocycles. The van der Waals surface area contributed by atoms with Gasteiger partial charge < -0.3 is 4.74 Å². The van der Waals surface area contributed by atoms with Crippen molar-refractivity contribution >= 4 is 11.8 Å². The highest BCUT2D eigenvalue weighted by Gasteiger charge is 2.27. The Morgan fingerprint density at radius 2 is 1.76 bits per heavy atom. The number of esters is 1. The topological polar surface area (TPSA) is 43.4 Å². The van der Waals surface area contributed by atoms with Crippen molar-refractivity contribution in [1.82, 2.24) is 0 Å². The second-order valence-electron chi connectivity index (χ2n) is 4.80. The molecule has 21 heavy (non-hydrogen) atoms. The molecule has 0 spiro atoms. The molecule has 0 radical (unpaired) electrons. The monoisotopic (exact) mass is 278 g/mol. The van der Waals surface area contributed by atoms with Gasteiger partial charge in [-0.2, -0.15) is 0 Å². The van der Waals surface area contributed by atoms with Gasteiger partial charge in [0.2, 0.25) is 0 Å². The van der Waals surface area contributed by atoms with E-state index in [-0.39, 0.29) is 12.4 Å². The van der Waals surface area contributed by atoms with Crippen LogP contribution < -0.4 is 0 Å². The smallest absolute Gasteiger partial charge is 0.338 e. The van der Waals surface area contributed by atoms with Crippen LogP contribution in [0.15, 0.2) is 54.6 Å². The third kappa shape index (κ3) is 2.27. The first-order valence-electron chi connectivity index (χ1n) is 6.79. The van der Waals surface area contributed by atoms with Crippen LogP contribution in [0.25, 0.3) is 11.1 Å². The van der Waals surface area contributed by atoms with Gasteiger partial charge in [-0.15, -0.1) is 0 Å². The molecule has 1 aliphatic rings. The summed E-state index contributed by atoms with van der Waals surface area (Å²) in [7, 11) is 0. The molecule has 3 rings (SSSR count). The molecule has 3 heteroatoms. The average molecular weight is 278 g/mol. The molecule has 0 bridgehead atoms. The molecule has 2 aromatic rings. The summed E-state index contributed by atoms with van der Waals surface area (Å²) >= 11 is 0. The van der Waals surface area contributed by atoms with Crippen LogP contribution in [0.2, 0.25) is 0 Å². The molecule has 0 heterocycles. The Kier molecular flexibility index (Phi) is 3.40. The van der Waals surface area contributed by atoms with E-state index in [1.165, 1.54) is 0 Å². The average Bonchev–Trinajstić information content (AvgIpc) is 2.81. The molecule has 1 aliphatic carbocycles. The highest BCUT2D eigenvalue weighted by molar-refractivity contribution is 6.22. The van der Waals surface area contributed by atoms with Crippen molar-refractivity contribution in [2.45, 2.75) is 6.92 Å². The Hall–Kier alpha value is -2.68. The van der Waals surface area contributed by atoms with E-state index in [0.717, 1.165) is 11.1 Å². The molecule has 104 valence electrons. The molecule has 0 saturated carbocycles. The van der Waals surface area contributed by atoms with Gasteiger partial charge >= 0.3 is 5.97 Å². The zero-order valence-electron chi connectivity index (χ0n) is 11.6. The molecule has 0 atom stereocenters. The van der Waals surface area contributed by atoms with E-state index in [9.17, 15) is 9.59 Å². The number of benzene rings is 2. The number of ketones is 1. The quantitative estimate of drug-likeness (QED) is 0.542. The Bertz CT molecular complexity index is 757. The first-order chi connectivity index (χ1) is 10.2. The fraction of sp³-hybridized carbons (Fsp3) is 0.111. The molecule has 0 aromatic heterocycles. The Balaban J connectivity index is 1.94. The summed E-state index contributed by atoms with van der Waals surface area (Å²) in [5.74, 6) is -0.455. The van der Waals surface area contributed by atoms with Crippen LogP contribution in [-0.2, 0) is 4.74 Å². The van der Waals surface area contributed by atoms with Crippen LogP contribution in [0, 0.1) is 0 Å². The molecule has 0 unspecified atom stereocenters. The minimum absolute atomic E-state index is 0.0382. The largest absolute Gasteiger partial charge is 0.458 e. The van der Waals surface area contributed by atoms with Crippen molar-refractivity contribution < 1.29 is 14.3 Å². The lowest BCUT2D eigenvalue weighted by Crippen LogP contribution is -2.06. The van der Waals surface area contributed by atoms with Gasteiger partial charge in [0.15, 0.2) is 5.78 Å². The second kappa shape index (κ2) is 5.37. The third-order valence-electron chi connectivity index (χ3n) is 3.51. The van der Waals surface area contributed by atoms with Gasteiger partial charge in [0.05, 0.1) is 5.56 Å². The summed E-state index contributed by atoms with van der Waals surface area (Å²) < 4.78 is 5.10. The lowest BCUT2D eigenvalue weighted by Gasteiger charge is -2.04. The predicted octanol–water partition coefficient (Wildman–Crippen LogP) is 3.63. The fourth-order valence-electron chi connectivity index (χ4n) is 2.46. The molecule has 3 nitrogen and oxygen atoms in total. The van der Waals surface area contributed by atoms with Crippen LogP contribution in [0.4, 0.5) is 0 Å². The van der Waals surface area contributed by atoms with Gasteiger partial charge in [-0.3, -0.25) is 4.79 Å². The van der Waals surface area contributed by atoms with Crippen LogP contribution in [0.5, 0.6) is 0 Å². The van der Waals surface area contributed by atoms with Gasteiger partial charge in [-0.1, -0.05) is 42.5 Å². The molecular formula is C18H14O3. The number of hydrogen-bond donors (Lipinski definition) is 0. The van der Waals surface area contributed by atoms with Crippen molar-refractivity contribution in [1.29, 1.82) is 0 Å². The second-order valence-corrected chi connectivity index (χ2v) is 4.80. The molecule has 0 N–H and O–H groups in total. The van der Waals surface area contributed by atoms with E-state index in [1.54, 1.807) is 18.2 Å². The predicted molar refractivity (Wildman–Crippen MR) is 80.4 cm³/mol. The number of carbonyl (C=O) groups excluding carboxylic acids is 2. The van der Waals surface area contributed by atoms with E-state index in [4.69, 9.17) is 4.74 Å². The maximum absolute atomic E-state index is 12.4. The Labute approximate surface area is 122 Å². The minimum atomic E-state index is -0.417. The molecule has 0 amide bonds. The molecule has 2 aromatic carbocycles. The summed E-state index contributed by atoms with van der Waals surface area (Å²) in [5, 5.41) is 0. The number of allylic oxidation sites excluding steroid dienone is 1. The van der Waals surface area contributed by atoms with Crippen molar-refractivity contribution in [3.63, 3.8) is 0 Å². The highest BCUT2D eigenvalue weighted by atomic mass is 16.5. The zero-order chi connectivity index (χ0) is 14.8. The lowest BCUT2D eigenvalue weighted by atomic mass is 10.0. The van der Waals surface area contributed by atoms with E-state index in [0.29, 0.717) is 16.7 Å². The SMILES string of the molecule is C/C=C/COC(=O)c1ccc2c(c1)C(=O)c1ccccc1-2. The van der Waals surface area contributed by atoms with Crippen LogP contribution >= 0.6 is 0 Å². The zero-order valence-corrected chi connectivity index (χ0v) is 11.6. The van der Waals surface area contributed by atoms with Gasteiger partial charge in [-0.25, -0.2) is 4.79 Å². The van der Waals surface area contributed by atoms with Crippen molar-refractivity contribution in [2.75, 3.05) is 6.61 Å². The van der Waals surface area contributed by atoms with Gasteiger partial charge in [0.25, 0.3) is 0 Å². The molecule has 0 fully saturated rings. The summed E-state index contributed by atoms with van der Waals surface area (Å²) in [6, 6.07) is 12.6. The van der Waals surface area contributed by atoms with Gasteiger partial charge in [0.1, 0.15) is 6.61 Å². The summed E-state index contributed by atoms with van der Waals surface area (Å²) in [6.07, 6.45) is 3.57. The number of fused-ring (bicyclic) bond motifs is 3. The van der Waals surface area contributed by atoms with Crippen molar-refractivity contribution in [3.05, 3.63) is 71.3 Å². The minimum Gasteiger partial charge on any atom is -0.458 e. The van der Waals surface area contributed by atoms with Crippen molar-refractivity contribution in [3.8, 4) is 11.1 Å².